The van der Waals surface area contributed by atoms with Crippen molar-refractivity contribution in [1.29, 1.82) is 0 Å². The van der Waals surface area contributed by atoms with Gasteiger partial charge in [0.2, 0.25) is 0 Å². The van der Waals surface area contributed by atoms with Crippen LogP contribution in [0.4, 0.5) is 0 Å². The first kappa shape index (κ1) is 32.0. The average Bonchev–Trinajstić information content (AvgIpc) is 3.82. The number of hydrogen-bond acceptors (Lipinski definition) is 4. The summed E-state index contributed by atoms with van der Waals surface area (Å²) in [4.78, 5) is 10.6. The molecule has 0 radical (unpaired) electrons. The van der Waals surface area contributed by atoms with Gasteiger partial charge in [0.25, 0.3) is 0 Å². The third kappa shape index (κ3) is 5.40. The maximum Gasteiger partial charge on any atom is 0.159 e. The summed E-state index contributed by atoms with van der Waals surface area (Å²) < 4.78 is 8.56. The zero-order valence-corrected chi connectivity index (χ0v) is 30.3. The lowest BCUT2D eigenvalue weighted by atomic mass is 9.97. The number of amidine groups is 2. The van der Waals surface area contributed by atoms with Crippen LogP contribution in [0.25, 0.3) is 71.7 Å². The van der Waals surface area contributed by atoms with Gasteiger partial charge in [-0.05, 0) is 58.7 Å². The van der Waals surface area contributed by atoms with Crippen molar-refractivity contribution in [3.63, 3.8) is 0 Å². The highest BCUT2D eigenvalue weighted by molar-refractivity contribution is 6.16. The van der Waals surface area contributed by atoms with Crippen molar-refractivity contribution < 1.29 is 4.42 Å². The number of furan rings is 1. The molecule has 0 bridgehead atoms. The molecule has 11 rings (SSSR count). The fourth-order valence-electron chi connectivity index (χ4n) is 8.19. The van der Waals surface area contributed by atoms with Gasteiger partial charge in [-0.25, -0.2) is 9.98 Å². The van der Waals surface area contributed by atoms with Gasteiger partial charge in [0.1, 0.15) is 23.2 Å². The molecule has 0 amide bonds. The molecule has 0 saturated carbocycles. The molecule has 1 unspecified atom stereocenters. The largest absolute Gasteiger partial charge is 0.456 e. The van der Waals surface area contributed by atoms with Gasteiger partial charge in [0, 0.05) is 43.9 Å². The minimum atomic E-state index is -0.374. The molecule has 1 atom stereocenters. The summed E-state index contributed by atoms with van der Waals surface area (Å²) in [5.41, 5.74) is 12.7. The zero-order valence-electron chi connectivity index (χ0n) is 30.3. The van der Waals surface area contributed by atoms with E-state index in [0.29, 0.717) is 5.84 Å². The first-order valence-electron chi connectivity index (χ1n) is 18.9. The smallest absolute Gasteiger partial charge is 0.159 e. The molecule has 3 heterocycles. The molecule has 1 aliphatic rings. The highest BCUT2D eigenvalue weighted by Gasteiger charge is 2.24. The van der Waals surface area contributed by atoms with Crippen molar-refractivity contribution in [3.05, 3.63) is 211 Å². The Bertz CT molecular complexity index is 3150. The molecule has 0 spiro atoms. The number of aliphatic imine (C=N–C) groups is 2. The van der Waals surface area contributed by atoms with Crippen LogP contribution in [-0.4, -0.2) is 16.2 Å². The van der Waals surface area contributed by atoms with E-state index in [4.69, 9.17) is 14.4 Å². The summed E-state index contributed by atoms with van der Waals surface area (Å²) >= 11 is 0. The number of benzene rings is 8. The van der Waals surface area contributed by atoms with Crippen LogP contribution in [0.1, 0.15) is 22.9 Å². The number of fused-ring (bicyclic) bond motifs is 6. The van der Waals surface area contributed by atoms with Crippen LogP contribution < -0.4 is 5.32 Å². The molecule has 5 heteroatoms. The van der Waals surface area contributed by atoms with Gasteiger partial charge in [-0.15, -0.1) is 0 Å². The van der Waals surface area contributed by atoms with Crippen LogP contribution in [0.3, 0.4) is 0 Å². The SMILES string of the molecule is c1ccc(-c2ccc(C3=NC(c4ccc5c6ccccc6n(-c6ccc7oc8ccccc8c7c6)c5c4)=NC(c4ccccc4-c4ccccc4)N3)cc2)cc1. The summed E-state index contributed by atoms with van der Waals surface area (Å²) in [6, 6.07) is 68.1. The highest BCUT2D eigenvalue weighted by Crippen LogP contribution is 2.37. The Morgan fingerprint density at radius 2 is 1.07 bits per heavy atom. The number of para-hydroxylation sites is 2. The maximum absolute atomic E-state index is 6.21. The molecule has 8 aromatic carbocycles. The molecule has 1 aliphatic heterocycles. The minimum Gasteiger partial charge on any atom is -0.456 e. The Balaban J connectivity index is 1.09. The quantitative estimate of drug-likeness (QED) is 0.186. The summed E-state index contributed by atoms with van der Waals surface area (Å²) in [6.07, 6.45) is -0.374. The fourth-order valence-corrected chi connectivity index (χ4v) is 8.19. The Morgan fingerprint density at radius 3 is 1.91 bits per heavy atom. The number of hydrogen-bond donors (Lipinski definition) is 1. The monoisotopic (exact) mass is 718 g/mol. The van der Waals surface area contributed by atoms with E-state index < -0.39 is 0 Å². The molecule has 264 valence electrons. The molecule has 0 aliphatic carbocycles. The molecule has 10 aromatic rings. The van der Waals surface area contributed by atoms with Crippen LogP contribution in [0.15, 0.2) is 209 Å². The Kier molecular flexibility index (Phi) is 7.49. The van der Waals surface area contributed by atoms with Crippen molar-refractivity contribution in [1.82, 2.24) is 9.88 Å². The predicted molar refractivity (Wildman–Crippen MR) is 231 cm³/mol. The Labute approximate surface area is 323 Å². The second kappa shape index (κ2) is 13.1. The van der Waals surface area contributed by atoms with E-state index in [1.165, 1.54) is 16.3 Å². The van der Waals surface area contributed by atoms with E-state index >= 15 is 0 Å². The highest BCUT2D eigenvalue weighted by atomic mass is 16.3. The number of rotatable bonds is 6. The van der Waals surface area contributed by atoms with Crippen molar-refractivity contribution in [2.24, 2.45) is 9.98 Å². The van der Waals surface area contributed by atoms with Gasteiger partial charge in [-0.1, -0.05) is 158 Å². The first-order chi connectivity index (χ1) is 27.7. The van der Waals surface area contributed by atoms with Gasteiger partial charge in [0.15, 0.2) is 5.84 Å². The number of aromatic nitrogens is 1. The minimum absolute atomic E-state index is 0.374. The van der Waals surface area contributed by atoms with Gasteiger partial charge in [-0.2, -0.15) is 0 Å². The van der Waals surface area contributed by atoms with Crippen LogP contribution in [0.2, 0.25) is 0 Å². The molecule has 0 saturated heterocycles. The van der Waals surface area contributed by atoms with E-state index in [9.17, 15) is 0 Å². The standard InChI is InChI=1S/C51H34N4O/c1-3-13-33(14-4-1)34-23-25-36(26-24-34)49-52-50(54-51(53-49)43-20-8-7-17-39(43)35-15-5-2-6-16-35)37-27-29-41-40-18-9-11-21-45(40)55(46(41)31-37)38-28-30-48-44(32-38)42-19-10-12-22-47(42)56-48/h1-32,51H,(H,52,53,54). The van der Waals surface area contributed by atoms with E-state index in [1.807, 2.05) is 18.2 Å². The molecular formula is C51H34N4O. The lowest BCUT2D eigenvalue weighted by Gasteiger charge is -2.25. The second-order valence-corrected chi connectivity index (χ2v) is 14.2. The van der Waals surface area contributed by atoms with Gasteiger partial charge in [-0.3, -0.25) is 0 Å². The van der Waals surface area contributed by atoms with Gasteiger partial charge >= 0.3 is 0 Å². The molecule has 1 N–H and O–H groups in total. The van der Waals surface area contributed by atoms with Crippen LogP contribution >= 0.6 is 0 Å². The zero-order chi connectivity index (χ0) is 37.0. The molecule has 56 heavy (non-hydrogen) atoms. The van der Waals surface area contributed by atoms with E-state index in [-0.39, 0.29) is 6.17 Å². The second-order valence-electron chi connectivity index (χ2n) is 14.2. The van der Waals surface area contributed by atoms with Crippen molar-refractivity contribution >= 4 is 55.4 Å². The fraction of sp³-hybridized carbons (Fsp3) is 0.0196. The topological polar surface area (TPSA) is 54.8 Å². The van der Waals surface area contributed by atoms with Crippen molar-refractivity contribution in [3.8, 4) is 27.9 Å². The average molecular weight is 719 g/mol. The lowest BCUT2D eigenvalue weighted by Crippen LogP contribution is -2.33. The van der Waals surface area contributed by atoms with Gasteiger partial charge < -0.3 is 14.3 Å². The first-order valence-corrected chi connectivity index (χ1v) is 18.9. The molecular weight excluding hydrogens is 685 g/mol. The Morgan fingerprint density at radius 1 is 0.446 bits per heavy atom. The van der Waals surface area contributed by atoms with Crippen LogP contribution in [0, 0.1) is 0 Å². The number of nitrogens with one attached hydrogen (secondary N) is 1. The van der Waals surface area contributed by atoms with Gasteiger partial charge in [0.05, 0.1) is 11.0 Å². The summed E-state index contributed by atoms with van der Waals surface area (Å²) in [5, 5.41) is 8.29. The maximum atomic E-state index is 6.21. The van der Waals surface area contributed by atoms with Crippen molar-refractivity contribution in [2.75, 3.05) is 0 Å². The van der Waals surface area contributed by atoms with Crippen LogP contribution in [-0.2, 0) is 0 Å². The third-order valence-corrected chi connectivity index (χ3v) is 10.9. The molecule has 0 fully saturated rings. The Hall–Kier alpha value is -7.50. The lowest BCUT2D eigenvalue weighted by molar-refractivity contribution is 0.669. The van der Waals surface area contributed by atoms with Crippen molar-refractivity contribution in [2.45, 2.75) is 6.17 Å². The predicted octanol–water partition coefficient (Wildman–Crippen LogP) is 12.5. The molecule has 2 aromatic heterocycles. The van der Waals surface area contributed by atoms with Crippen LogP contribution in [0.5, 0.6) is 0 Å². The third-order valence-electron chi connectivity index (χ3n) is 10.9. The van der Waals surface area contributed by atoms with E-state index in [0.717, 1.165) is 77.9 Å². The summed E-state index contributed by atoms with van der Waals surface area (Å²) in [5.74, 6) is 1.45. The summed E-state index contributed by atoms with van der Waals surface area (Å²) in [7, 11) is 0. The normalized spacial score (nSPS) is 14.2. The number of nitrogens with zero attached hydrogens (tertiary/aromatic N) is 3. The van der Waals surface area contributed by atoms with E-state index in [2.05, 4.69) is 186 Å². The van der Waals surface area contributed by atoms with E-state index in [1.54, 1.807) is 0 Å². The summed E-state index contributed by atoms with van der Waals surface area (Å²) in [6.45, 7) is 0. The molecule has 5 nitrogen and oxygen atoms in total.